The predicted octanol–water partition coefficient (Wildman–Crippen LogP) is 3.04. The Morgan fingerprint density at radius 1 is 1.50 bits per heavy atom. The molecule has 0 heterocycles. The lowest BCUT2D eigenvalue weighted by molar-refractivity contribution is -0.0499. The lowest BCUT2D eigenvalue weighted by Gasteiger charge is -2.10. The molecule has 7 heteroatoms. The summed E-state index contributed by atoms with van der Waals surface area (Å²) >= 11 is 3.01. The van der Waals surface area contributed by atoms with E-state index in [4.69, 9.17) is 4.74 Å². The Bertz CT molecular complexity index is 463. The van der Waals surface area contributed by atoms with Gasteiger partial charge in [-0.15, -0.1) is 0 Å². The van der Waals surface area contributed by atoms with Gasteiger partial charge in [0, 0.05) is 10.0 Å². The Labute approximate surface area is 110 Å². The van der Waals surface area contributed by atoms with Crippen LogP contribution in [0, 0.1) is 0 Å². The summed E-state index contributed by atoms with van der Waals surface area (Å²) < 4.78 is 33.2. The summed E-state index contributed by atoms with van der Waals surface area (Å²) in [4.78, 5) is 22.4. The molecule has 0 bridgehead atoms. The smallest absolute Gasteiger partial charge is 0.387 e. The summed E-state index contributed by atoms with van der Waals surface area (Å²) in [6.07, 6.45) is 0.370. The molecule has 0 amide bonds. The lowest BCUT2D eigenvalue weighted by Crippen LogP contribution is -2.10. The number of ether oxygens (including phenoxy) is 2. The number of hydrogen-bond donors (Lipinski definition) is 0. The van der Waals surface area contributed by atoms with Gasteiger partial charge >= 0.3 is 12.6 Å². The van der Waals surface area contributed by atoms with Gasteiger partial charge in [-0.25, -0.2) is 4.79 Å². The van der Waals surface area contributed by atoms with E-state index < -0.39 is 12.6 Å². The van der Waals surface area contributed by atoms with Crippen LogP contribution in [0.3, 0.4) is 0 Å². The summed E-state index contributed by atoms with van der Waals surface area (Å²) in [5, 5.41) is 0. The standard InChI is InChI=1S/C11H9BrF2O4/c1-2-17-10(16)9-6(5-15)3-7(4-8(9)12)18-11(13)14/h3-5,11H,2H2,1H3. The molecular formula is C11H9BrF2O4. The normalized spacial score (nSPS) is 10.3. The molecule has 0 N–H and O–H groups in total. The highest BCUT2D eigenvalue weighted by atomic mass is 79.9. The van der Waals surface area contributed by atoms with Gasteiger partial charge in [0.1, 0.15) is 5.75 Å². The Morgan fingerprint density at radius 2 is 2.17 bits per heavy atom. The molecule has 0 atom stereocenters. The highest BCUT2D eigenvalue weighted by Crippen LogP contribution is 2.28. The molecule has 1 rings (SSSR count). The lowest BCUT2D eigenvalue weighted by atomic mass is 10.1. The fourth-order valence-corrected chi connectivity index (χ4v) is 1.90. The molecule has 0 aliphatic heterocycles. The molecule has 0 saturated carbocycles. The SMILES string of the molecule is CCOC(=O)c1c(Br)cc(OC(F)F)cc1C=O. The van der Waals surface area contributed by atoms with Crippen molar-refractivity contribution >= 4 is 28.2 Å². The van der Waals surface area contributed by atoms with Gasteiger partial charge < -0.3 is 9.47 Å². The Kier molecular flexibility index (Phi) is 5.21. The Hall–Kier alpha value is -1.50. The summed E-state index contributed by atoms with van der Waals surface area (Å²) in [6, 6.07) is 2.22. The van der Waals surface area contributed by atoms with Gasteiger partial charge in [0.05, 0.1) is 12.2 Å². The van der Waals surface area contributed by atoms with Crippen molar-refractivity contribution in [1.29, 1.82) is 0 Å². The van der Waals surface area contributed by atoms with Crippen molar-refractivity contribution in [2.24, 2.45) is 0 Å². The van der Waals surface area contributed by atoms with E-state index >= 15 is 0 Å². The quantitative estimate of drug-likeness (QED) is 0.617. The van der Waals surface area contributed by atoms with E-state index in [1.807, 2.05) is 0 Å². The zero-order valence-electron chi connectivity index (χ0n) is 9.28. The molecule has 0 fully saturated rings. The number of esters is 1. The first kappa shape index (κ1) is 14.6. The Balaban J connectivity index is 3.19. The number of carbonyl (C=O) groups excluding carboxylic acids is 2. The van der Waals surface area contributed by atoms with Crippen molar-refractivity contribution < 1.29 is 27.8 Å². The van der Waals surface area contributed by atoms with Crippen LogP contribution in [0.5, 0.6) is 5.75 Å². The van der Waals surface area contributed by atoms with Crippen LogP contribution in [-0.4, -0.2) is 25.5 Å². The molecular weight excluding hydrogens is 314 g/mol. The minimum absolute atomic E-state index is 0.0199. The zero-order valence-corrected chi connectivity index (χ0v) is 10.9. The van der Waals surface area contributed by atoms with Crippen LogP contribution in [0.4, 0.5) is 8.78 Å². The maximum Gasteiger partial charge on any atom is 0.387 e. The van der Waals surface area contributed by atoms with Crippen molar-refractivity contribution in [3.63, 3.8) is 0 Å². The largest absolute Gasteiger partial charge is 0.462 e. The van der Waals surface area contributed by atoms with Crippen LogP contribution in [0.25, 0.3) is 0 Å². The molecule has 0 radical (unpaired) electrons. The van der Waals surface area contributed by atoms with Crippen LogP contribution in [0.15, 0.2) is 16.6 Å². The van der Waals surface area contributed by atoms with E-state index in [0.29, 0.717) is 6.29 Å². The molecule has 0 unspecified atom stereocenters. The van der Waals surface area contributed by atoms with Gasteiger partial charge in [0.15, 0.2) is 6.29 Å². The number of halogens is 3. The maximum absolute atomic E-state index is 12.1. The summed E-state index contributed by atoms with van der Waals surface area (Å²) in [7, 11) is 0. The van der Waals surface area contributed by atoms with E-state index in [2.05, 4.69) is 20.7 Å². The third-order valence-electron chi connectivity index (χ3n) is 1.93. The van der Waals surface area contributed by atoms with E-state index in [1.165, 1.54) is 6.07 Å². The highest BCUT2D eigenvalue weighted by Gasteiger charge is 2.19. The zero-order chi connectivity index (χ0) is 13.7. The third-order valence-corrected chi connectivity index (χ3v) is 2.55. The first-order valence-corrected chi connectivity index (χ1v) is 5.69. The summed E-state index contributed by atoms with van der Waals surface area (Å²) in [5.74, 6) is -0.929. The summed E-state index contributed by atoms with van der Waals surface area (Å²) in [5.41, 5.74) is -0.105. The van der Waals surface area contributed by atoms with Gasteiger partial charge in [-0.1, -0.05) is 0 Å². The first-order valence-electron chi connectivity index (χ1n) is 4.90. The van der Waals surface area contributed by atoms with Crippen molar-refractivity contribution in [2.75, 3.05) is 6.61 Å². The molecule has 1 aromatic rings. The molecule has 4 nitrogen and oxygen atoms in total. The highest BCUT2D eigenvalue weighted by molar-refractivity contribution is 9.10. The second-order valence-corrected chi connectivity index (χ2v) is 3.94. The number of hydrogen-bond acceptors (Lipinski definition) is 4. The average molecular weight is 323 g/mol. The average Bonchev–Trinajstić information content (AvgIpc) is 2.27. The molecule has 0 spiro atoms. The maximum atomic E-state index is 12.1. The van der Waals surface area contributed by atoms with Crippen molar-refractivity contribution in [3.8, 4) is 5.75 Å². The van der Waals surface area contributed by atoms with E-state index in [0.717, 1.165) is 6.07 Å². The van der Waals surface area contributed by atoms with Crippen molar-refractivity contribution in [2.45, 2.75) is 13.5 Å². The van der Waals surface area contributed by atoms with E-state index in [-0.39, 0.29) is 28.0 Å². The molecule has 0 saturated heterocycles. The second-order valence-electron chi connectivity index (χ2n) is 3.09. The number of benzene rings is 1. The van der Waals surface area contributed by atoms with E-state index in [9.17, 15) is 18.4 Å². The second kappa shape index (κ2) is 6.44. The van der Waals surface area contributed by atoms with Gasteiger partial charge in [-0.05, 0) is 35.0 Å². The van der Waals surface area contributed by atoms with Gasteiger partial charge in [-0.3, -0.25) is 4.79 Å². The Morgan fingerprint density at radius 3 is 2.67 bits per heavy atom. The van der Waals surface area contributed by atoms with Crippen LogP contribution in [-0.2, 0) is 4.74 Å². The van der Waals surface area contributed by atoms with Crippen molar-refractivity contribution in [1.82, 2.24) is 0 Å². The fraction of sp³-hybridized carbons (Fsp3) is 0.273. The number of alkyl halides is 2. The number of rotatable bonds is 5. The molecule has 98 valence electrons. The van der Waals surface area contributed by atoms with Crippen LogP contribution < -0.4 is 4.74 Å². The van der Waals surface area contributed by atoms with Crippen LogP contribution in [0.2, 0.25) is 0 Å². The fourth-order valence-electron chi connectivity index (χ4n) is 1.28. The number of carbonyl (C=O) groups is 2. The molecule has 1 aromatic carbocycles. The molecule has 18 heavy (non-hydrogen) atoms. The topological polar surface area (TPSA) is 52.6 Å². The van der Waals surface area contributed by atoms with Gasteiger partial charge in [0.2, 0.25) is 0 Å². The van der Waals surface area contributed by atoms with Crippen LogP contribution in [0.1, 0.15) is 27.6 Å². The van der Waals surface area contributed by atoms with Gasteiger partial charge in [0.25, 0.3) is 0 Å². The number of aldehydes is 1. The molecule has 0 aliphatic rings. The first-order chi connectivity index (χ1) is 8.49. The van der Waals surface area contributed by atoms with E-state index in [1.54, 1.807) is 6.92 Å². The minimum atomic E-state index is -3.01. The molecule has 0 aromatic heterocycles. The monoisotopic (exact) mass is 322 g/mol. The summed E-state index contributed by atoms with van der Waals surface area (Å²) in [6.45, 7) is -1.26. The minimum Gasteiger partial charge on any atom is -0.462 e. The third kappa shape index (κ3) is 3.49. The van der Waals surface area contributed by atoms with Crippen molar-refractivity contribution in [3.05, 3.63) is 27.7 Å². The molecule has 0 aliphatic carbocycles. The van der Waals surface area contributed by atoms with Crippen LogP contribution >= 0.6 is 15.9 Å². The van der Waals surface area contributed by atoms with Gasteiger partial charge in [-0.2, -0.15) is 8.78 Å². The predicted molar refractivity (Wildman–Crippen MR) is 62.1 cm³/mol.